The van der Waals surface area contributed by atoms with Gasteiger partial charge < -0.3 is 23.9 Å². The molecule has 0 spiro atoms. The number of hydrogen-bond acceptors (Lipinski definition) is 4. The van der Waals surface area contributed by atoms with E-state index in [1.807, 2.05) is 0 Å². The normalized spacial score (nSPS) is 32.8. The van der Waals surface area contributed by atoms with E-state index in [4.69, 9.17) is 38.7 Å². The van der Waals surface area contributed by atoms with Crippen LogP contribution in [-0.4, -0.2) is 46.9 Å². The minimum atomic E-state index is -4.21. The Morgan fingerprint density at radius 3 is 2.67 bits per heavy atom. The molecule has 2 unspecified atom stereocenters. The van der Waals surface area contributed by atoms with Gasteiger partial charge in [0, 0.05) is 24.4 Å². The summed E-state index contributed by atoms with van der Waals surface area (Å²) in [5.41, 5.74) is 0. The third-order valence-electron chi connectivity index (χ3n) is 2.36. The first-order valence-electron chi connectivity index (χ1n) is 5.29. The Morgan fingerprint density at radius 1 is 1.56 bits per heavy atom. The highest BCUT2D eigenvalue weighted by atomic mass is 32.5. The molecule has 0 bridgehead atoms. The molecule has 1 saturated heterocycles. The molecule has 0 aliphatic carbocycles. The molecule has 0 amide bonds. The van der Waals surface area contributed by atoms with Gasteiger partial charge in [-0.05, 0) is 17.9 Å². The van der Waals surface area contributed by atoms with Crippen LogP contribution in [0.5, 0.6) is 0 Å². The molecule has 1 rings (SSSR count). The number of hydrogen-bond donors (Lipinski definition) is 3. The predicted octanol–water partition coefficient (Wildman–Crippen LogP) is 0.668. The molecule has 4 atom stereocenters. The molecular weight excluding hydrogens is 297 g/mol. The Balaban J connectivity index is 2.60. The van der Waals surface area contributed by atoms with Gasteiger partial charge in [0.05, 0.1) is 12.2 Å². The first-order chi connectivity index (χ1) is 8.13. The van der Waals surface area contributed by atoms with Crippen LogP contribution in [0.3, 0.4) is 0 Å². The first-order valence-corrected chi connectivity index (χ1v) is 9.83. The zero-order chi connectivity index (χ0) is 14.0. The van der Waals surface area contributed by atoms with E-state index >= 15 is 0 Å². The lowest BCUT2D eigenvalue weighted by molar-refractivity contribution is 0.0865. The summed E-state index contributed by atoms with van der Waals surface area (Å²) in [6, 6.07) is -0.766. The molecule has 1 heterocycles. The average Bonchev–Trinajstić information content (AvgIpc) is 2.55. The lowest BCUT2D eigenvalue weighted by Crippen LogP contribution is -2.23. The van der Waals surface area contributed by atoms with Crippen molar-refractivity contribution in [2.45, 2.75) is 31.6 Å². The van der Waals surface area contributed by atoms with Crippen molar-refractivity contribution in [3.05, 3.63) is 11.9 Å². The summed E-state index contributed by atoms with van der Waals surface area (Å²) in [4.78, 5) is 27.1. The molecule has 0 aromatic carbocycles. The fourth-order valence-corrected chi connectivity index (χ4v) is 2.96. The highest BCUT2D eigenvalue weighted by molar-refractivity contribution is 8.09. The van der Waals surface area contributed by atoms with Gasteiger partial charge in [0.25, 0.3) is 0 Å². The van der Waals surface area contributed by atoms with Crippen LogP contribution in [0, 0.1) is 0 Å². The second kappa shape index (κ2) is 6.29. The third-order valence-corrected chi connectivity index (χ3v) is 5.35. The molecule has 3 N–H and O–H groups in total. The van der Waals surface area contributed by atoms with Crippen molar-refractivity contribution in [1.29, 1.82) is 0 Å². The second-order valence-corrected chi connectivity index (χ2v) is 9.21. The molecule has 1 fully saturated rings. The summed E-state index contributed by atoms with van der Waals surface area (Å²) in [5.74, 6) is 0.765. The largest absolute Gasteiger partial charge is 0.378 e. The van der Waals surface area contributed by atoms with Gasteiger partial charge in [-0.3, -0.25) is 4.57 Å². The van der Waals surface area contributed by atoms with Crippen LogP contribution in [0.25, 0.3) is 0 Å². The fraction of sp³-hybridized carbons (Fsp3) is 0.750. The highest BCUT2D eigenvalue weighted by Gasteiger charge is 2.34. The van der Waals surface area contributed by atoms with Crippen LogP contribution in [0.4, 0.5) is 0 Å². The molecule has 2 radical (unpaired) electrons. The van der Waals surface area contributed by atoms with Crippen molar-refractivity contribution in [3.8, 4) is 0 Å². The van der Waals surface area contributed by atoms with E-state index in [0.717, 1.165) is 5.82 Å². The lowest BCUT2D eigenvalue weighted by atomic mass is 9.94. The van der Waals surface area contributed by atoms with Crippen LogP contribution in [-0.2, 0) is 25.6 Å². The summed E-state index contributed by atoms with van der Waals surface area (Å²) in [7, 11) is 1.45. The molecule has 1 aliphatic heterocycles. The minimum Gasteiger partial charge on any atom is -0.378 e. The van der Waals surface area contributed by atoms with Gasteiger partial charge in [0.15, 0.2) is 6.49 Å². The van der Waals surface area contributed by atoms with Crippen LogP contribution in [0.15, 0.2) is 11.9 Å². The average molecular weight is 312 g/mol. The van der Waals surface area contributed by atoms with Crippen molar-refractivity contribution < 1.29 is 28.5 Å². The molecule has 18 heavy (non-hydrogen) atoms. The molecule has 0 aromatic heterocycles. The van der Waals surface area contributed by atoms with Gasteiger partial charge in [-0.2, -0.15) is 0 Å². The van der Waals surface area contributed by atoms with Crippen molar-refractivity contribution in [3.63, 3.8) is 0 Å². The predicted molar refractivity (Wildman–Crippen MR) is 72.1 cm³/mol. The molecular formula is C8H15BO6P2S. The van der Waals surface area contributed by atoms with Gasteiger partial charge >= 0.3 is 7.60 Å². The summed E-state index contributed by atoms with van der Waals surface area (Å²) in [6.45, 7) is -1.13. The monoisotopic (exact) mass is 312 g/mol. The van der Waals surface area contributed by atoms with Crippen molar-refractivity contribution in [2.24, 2.45) is 0 Å². The highest BCUT2D eigenvalue weighted by Crippen LogP contribution is 2.46. The number of rotatable bonds is 5. The summed E-state index contributed by atoms with van der Waals surface area (Å²) in [5, 5.41) is 0. The van der Waals surface area contributed by atoms with E-state index in [2.05, 4.69) is 0 Å². The van der Waals surface area contributed by atoms with Crippen LogP contribution in [0.1, 0.15) is 13.3 Å². The Morgan fingerprint density at radius 2 is 2.17 bits per heavy atom. The van der Waals surface area contributed by atoms with Crippen molar-refractivity contribution in [2.75, 3.05) is 6.16 Å². The first kappa shape index (κ1) is 16.5. The molecule has 10 heteroatoms. The van der Waals surface area contributed by atoms with E-state index < -0.39 is 32.3 Å². The maximum absolute atomic E-state index is 10.7. The maximum Gasteiger partial charge on any atom is 0.348 e. The smallest absolute Gasteiger partial charge is 0.348 e. The Bertz CT molecular complexity index is 410. The van der Waals surface area contributed by atoms with Gasteiger partial charge in [-0.15, -0.1) is 0 Å². The van der Waals surface area contributed by atoms with E-state index in [9.17, 15) is 9.46 Å². The van der Waals surface area contributed by atoms with Crippen molar-refractivity contribution in [1.82, 2.24) is 0 Å². The van der Waals surface area contributed by atoms with Gasteiger partial charge in [-0.1, -0.05) is 6.92 Å². The topological polar surface area (TPSA) is 96.2 Å². The SMILES string of the molecule is [B][C@@H]1O[C@H](/C=C/P(=O)(O)O)CC1OP(O)(=S)CC. The molecule has 102 valence electrons. The summed E-state index contributed by atoms with van der Waals surface area (Å²) < 4.78 is 21.2. The van der Waals surface area contributed by atoms with E-state index in [0.29, 0.717) is 12.6 Å². The van der Waals surface area contributed by atoms with Gasteiger partial charge in [-0.25, -0.2) is 0 Å². The zero-order valence-electron chi connectivity index (χ0n) is 9.75. The second-order valence-electron chi connectivity index (χ2n) is 3.90. The molecule has 0 aromatic rings. The van der Waals surface area contributed by atoms with E-state index in [-0.39, 0.29) is 0 Å². The quantitative estimate of drug-likeness (QED) is 0.507. The Hall–Kier alpha value is 0.485. The molecule has 1 aliphatic rings. The van der Waals surface area contributed by atoms with Gasteiger partial charge in [0.1, 0.15) is 7.85 Å². The Labute approximate surface area is 112 Å². The summed E-state index contributed by atoms with van der Waals surface area (Å²) >= 11 is 4.89. The fourth-order valence-electron chi connectivity index (χ4n) is 1.43. The summed E-state index contributed by atoms with van der Waals surface area (Å²) in [6.07, 6.45) is 0.763. The van der Waals surface area contributed by atoms with E-state index in [1.165, 1.54) is 6.08 Å². The third kappa shape index (κ3) is 5.64. The van der Waals surface area contributed by atoms with Crippen LogP contribution < -0.4 is 0 Å². The number of ether oxygens (including phenoxy) is 1. The molecule has 0 saturated carbocycles. The zero-order valence-corrected chi connectivity index (χ0v) is 12.4. The maximum atomic E-state index is 10.7. The van der Waals surface area contributed by atoms with Crippen molar-refractivity contribution >= 4 is 33.7 Å². The Kier molecular flexibility index (Phi) is 5.78. The molecule has 6 nitrogen and oxygen atoms in total. The lowest BCUT2D eigenvalue weighted by Gasteiger charge is -2.21. The van der Waals surface area contributed by atoms with Gasteiger partial charge in [0.2, 0.25) is 0 Å². The minimum absolute atomic E-state index is 0.302. The van der Waals surface area contributed by atoms with Crippen LogP contribution >= 0.6 is 14.1 Å². The standard InChI is InChI=1S/C8H15BO6P2S/c1-2-17(13,18)15-7-5-6(14-8(7)9)3-4-16(10,11)12/h3-4,6-8H,2,5H2,1H3,(H,13,18)(H2,10,11,12)/b4-3+/t6-,7?,8-,17?/m1/s1. The van der Waals surface area contributed by atoms with E-state index in [1.54, 1.807) is 6.92 Å². The van der Waals surface area contributed by atoms with Crippen LogP contribution in [0.2, 0.25) is 0 Å².